The molecule has 0 bridgehead atoms. The summed E-state index contributed by atoms with van der Waals surface area (Å²) in [6.07, 6.45) is 1.17. The monoisotopic (exact) mass is 287 g/mol. The van der Waals surface area contributed by atoms with Gasteiger partial charge in [0, 0.05) is 11.6 Å². The van der Waals surface area contributed by atoms with E-state index in [1.54, 1.807) is 0 Å². The van der Waals surface area contributed by atoms with E-state index in [0.29, 0.717) is 0 Å². The van der Waals surface area contributed by atoms with Crippen LogP contribution in [0.4, 0.5) is 0 Å². The van der Waals surface area contributed by atoms with Crippen LogP contribution in [0.15, 0.2) is 36.4 Å². The molecule has 2 aromatic carbocycles. The zero-order chi connectivity index (χ0) is 14.5. The van der Waals surface area contributed by atoms with Crippen LogP contribution >= 0.6 is 11.6 Å². The first kappa shape index (κ1) is 15.1. The lowest BCUT2D eigenvalue weighted by Gasteiger charge is -2.10. The Kier molecular flexibility index (Phi) is 5.22. The molecule has 0 unspecified atom stereocenters. The summed E-state index contributed by atoms with van der Waals surface area (Å²) in [5.74, 6) is 0. The summed E-state index contributed by atoms with van der Waals surface area (Å²) >= 11 is 6.16. The van der Waals surface area contributed by atoms with Crippen LogP contribution in [0.3, 0.4) is 0 Å². The Morgan fingerprint density at radius 3 is 2.35 bits per heavy atom. The minimum absolute atomic E-state index is 0.839. The van der Waals surface area contributed by atoms with Crippen molar-refractivity contribution in [1.29, 1.82) is 0 Å². The molecule has 0 aliphatic rings. The van der Waals surface area contributed by atoms with Crippen molar-refractivity contribution in [2.45, 2.75) is 33.7 Å². The van der Waals surface area contributed by atoms with Crippen LogP contribution in [-0.2, 0) is 6.54 Å². The fraction of sp³-hybridized carbons (Fsp3) is 0.333. The summed E-state index contributed by atoms with van der Waals surface area (Å²) in [6, 6.07) is 13.0. The number of halogens is 1. The summed E-state index contributed by atoms with van der Waals surface area (Å²) in [6.45, 7) is 8.34. The van der Waals surface area contributed by atoms with Crippen LogP contribution in [0, 0.1) is 13.8 Å². The van der Waals surface area contributed by atoms with Gasteiger partial charge in [-0.3, -0.25) is 0 Å². The van der Waals surface area contributed by atoms with Crippen molar-refractivity contribution in [2.75, 3.05) is 6.54 Å². The molecule has 0 fully saturated rings. The van der Waals surface area contributed by atoms with Crippen molar-refractivity contribution >= 4 is 11.6 Å². The van der Waals surface area contributed by atoms with Crippen LogP contribution in [-0.4, -0.2) is 6.54 Å². The fourth-order valence-electron chi connectivity index (χ4n) is 2.30. The van der Waals surface area contributed by atoms with Gasteiger partial charge < -0.3 is 5.32 Å². The lowest BCUT2D eigenvalue weighted by Crippen LogP contribution is -2.13. The minimum Gasteiger partial charge on any atom is -0.313 e. The summed E-state index contributed by atoms with van der Waals surface area (Å²) in [5, 5.41) is 4.26. The molecule has 1 nitrogen and oxygen atoms in total. The SMILES string of the molecule is CCCNCc1ccc(-c2cc(C)c(Cl)cc2C)cc1. The predicted molar refractivity (Wildman–Crippen MR) is 88.4 cm³/mol. The molecule has 0 radical (unpaired) electrons. The number of hydrogen-bond acceptors (Lipinski definition) is 1. The Hall–Kier alpha value is -1.31. The highest BCUT2D eigenvalue weighted by molar-refractivity contribution is 6.31. The third-order valence-electron chi connectivity index (χ3n) is 3.53. The maximum Gasteiger partial charge on any atom is 0.0438 e. The first-order valence-corrected chi connectivity index (χ1v) is 7.56. The number of rotatable bonds is 5. The Labute approximate surface area is 127 Å². The van der Waals surface area contributed by atoms with Gasteiger partial charge in [0.15, 0.2) is 0 Å². The predicted octanol–water partition coefficient (Wildman–Crippen LogP) is 5.12. The second kappa shape index (κ2) is 6.92. The molecule has 0 atom stereocenters. The summed E-state index contributed by atoms with van der Waals surface area (Å²) in [5.41, 5.74) is 6.19. The van der Waals surface area contributed by atoms with Crippen molar-refractivity contribution < 1.29 is 0 Å². The second-order valence-electron chi connectivity index (χ2n) is 5.29. The van der Waals surface area contributed by atoms with Crippen LogP contribution in [0.25, 0.3) is 11.1 Å². The van der Waals surface area contributed by atoms with Gasteiger partial charge in [-0.05, 0) is 66.8 Å². The van der Waals surface area contributed by atoms with E-state index < -0.39 is 0 Å². The van der Waals surface area contributed by atoms with E-state index >= 15 is 0 Å². The molecule has 0 aliphatic heterocycles. The van der Waals surface area contributed by atoms with Crippen molar-refractivity contribution in [1.82, 2.24) is 5.32 Å². The minimum atomic E-state index is 0.839. The first-order chi connectivity index (χ1) is 9.61. The molecule has 20 heavy (non-hydrogen) atoms. The zero-order valence-electron chi connectivity index (χ0n) is 12.5. The molecule has 0 amide bonds. The van der Waals surface area contributed by atoms with Gasteiger partial charge in [-0.2, -0.15) is 0 Å². The van der Waals surface area contributed by atoms with Gasteiger partial charge in [0.1, 0.15) is 0 Å². The lowest BCUT2D eigenvalue weighted by molar-refractivity contribution is 0.675. The van der Waals surface area contributed by atoms with E-state index in [1.165, 1.54) is 28.7 Å². The van der Waals surface area contributed by atoms with Gasteiger partial charge in [0.05, 0.1) is 0 Å². The zero-order valence-corrected chi connectivity index (χ0v) is 13.2. The molecular weight excluding hydrogens is 266 g/mol. The third kappa shape index (κ3) is 3.62. The molecule has 0 spiro atoms. The van der Waals surface area contributed by atoms with Crippen molar-refractivity contribution in [3.05, 3.63) is 58.1 Å². The van der Waals surface area contributed by atoms with Gasteiger partial charge in [-0.25, -0.2) is 0 Å². The fourth-order valence-corrected chi connectivity index (χ4v) is 2.52. The van der Waals surface area contributed by atoms with Gasteiger partial charge >= 0.3 is 0 Å². The number of hydrogen-bond donors (Lipinski definition) is 1. The standard InChI is InChI=1S/C18H22ClN/c1-4-9-20-12-15-5-7-16(8-6-15)17-10-14(3)18(19)11-13(17)2/h5-8,10-11,20H,4,9,12H2,1-3H3. The van der Waals surface area contributed by atoms with Gasteiger partial charge in [0.2, 0.25) is 0 Å². The number of nitrogens with one attached hydrogen (secondary N) is 1. The molecule has 0 aliphatic carbocycles. The molecule has 0 heterocycles. The Balaban J connectivity index is 2.19. The highest BCUT2D eigenvalue weighted by atomic mass is 35.5. The van der Waals surface area contributed by atoms with Gasteiger partial charge in [-0.15, -0.1) is 0 Å². The van der Waals surface area contributed by atoms with Crippen molar-refractivity contribution in [2.24, 2.45) is 0 Å². The van der Waals surface area contributed by atoms with Crippen molar-refractivity contribution in [3.8, 4) is 11.1 Å². The summed E-state index contributed by atoms with van der Waals surface area (Å²) in [7, 11) is 0. The summed E-state index contributed by atoms with van der Waals surface area (Å²) in [4.78, 5) is 0. The quantitative estimate of drug-likeness (QED) is 0.752. The Bertz CT molecular complexity index is 573. The van der Waals surface area contributed by atoms with E-state index in [1.807, 2.05) is 13.0 Å². The maximum absolute atomic E-state index is 6.16. The Morgan fingerprint density at radius 2 is 1.70 bits per heavy atom. The normalized spacial score (nSPS) is 10.8. The average molecular weight is 288 g/mol. The Morgan fingerprint density at radius 1 is 1.00 bits per heavy atom. The van der Waals surface area contributed by atoms with Crippen LogP contribution in [0.5, 0.6) is 0 Å². The number of benzene rings is 2. The molecule has 106 valence electrons. The molecule has 2 heteroatoms. The van der Waals surface area contributed by atoms with Gasteiger partial charge in [0.25, 0.3) is 0 Å². The molecular formula is C18H22ClN. The molecule has 0 saturated heterocycles. The van der Waals surface area contributed by atoms with E-state index in [4.69, 9.17) is 11.6 Å². The van der Waals surface area contributed by atoms with E-state index in [9.17, 15) is 0 Å². The van der Waals surface area contributed by atoms with Crippen molar-refractivity contribution in [3.63, 3.8) is 0 Å². The second-order valence-corrected chi connectivity index (χ2v) is 5.70. The highest BCUT2D eigenvalue weighted by Gasteiger charge is 2.05. The highest BCUT2D eigenvalue weighted by Crippen LogP contribution is 2.28. The van der Waals surface area contributed by atoms with E-state index in [2.05, 4.69) is 49.5 Å². The average Bonchev–Trinajstić information content (AvgIpc) is 2.44. The third-order valence-corrected chi connectivity index (χ3v) is 3.93. The maximum atomic E-state index is 6.16. The van der Waals surface area contributed by atoms with Crippen LogP contribution in [0.2, 0.25) is 5.02 Å². The molecule has 2 rings (SSSR count). The van der Waals surface area contributed by atoms with Gasteiger partial charge in [-0.1, -0.05) is 42.8 Å². The molecule has 1 N–H and O–H groups in total. The lowest BCUT2D eigenvalue weighted by atomic mass is 9.97. The van der Waals surface area contributed by atoms with Crippen LogP contribution in [0.1, 0.15) is 30.0 Å². The van der Waals surface area contributed by atoms with E-state index in [0.717, 1.165) is 23.7 Å². The molecule has 2 aromatic rings. The number of aryl methyl sites for hydroxylation is 2. The smallest absolute Gasteiger partial charge is 0.0438 e. The van der Waals surface area contributed by atoms with Crippen LogP contribution < -0.4 is 5.32 Å². The topological polar surface area (TPSA) is 12.0 Å². The molecule has 0 aromatic heterocycles. The largest absolute Gasteiger partial charge is 0.313 e. The van der Waals surface area contributed by atoms with E-state index in [-0.39, 0.29) is 0 Å². The molecule has 0 saturated carbocycles. The summed E-state index contributed by atoms with van der Waals surface area (Å²) < 4.78 is 0. The first-order valence-electron chi connectivity index (χ1n) is 7.18.